The fraction of sp³-hybridized carbons (Fsp3) is 1.00. The van der Waals surface area contributed by atoms with E-state index in [1.54, 1.807) is 0 Å². The molecule has 0 aromatic carbocycles. The number of rotatable bonds is 11. The summed E-state index contributed by atoms with van der Waals surface area (Å²) in [7, 11) is 0.519. The van der Waals surface area contributed by atoms with Crippen molar-refractivity contribution >= 4 is 14.8 Å². The second-order valence-corrected chi connectivity index (χ2v) is 19.0. The van der Waals surface area contributed by atoms with E-state index in [0.29, 0.717) is 0 Å². The summed E-state index contributed by atoms with van der Waals surface area (Å²) < 4.78 is 6.08. The summed E-state index contributed by atoms with van der Waals surface area (Å²) in [6.45, 7) is 11.1. The lowest BCUT2D eigenvalue weighted by Gasteiger charge is -2.38. The highest BCUT2D eigenvalue weighted by Crippen LogP contribution is 2.68. The Labute approximate surface area is 117 Å². The maximum Gasteiger partial charge on any atom is 0.365 e. The van der Waals surface area contributed by atoms with Crippen molar-refractivity contribution < 1.29 is 4.43 Å². The molecule has 0 N–H and O–H groups in total. The summed E-state index contributed by atoms with van der Waals surface area (Å²) in [6, 6.07) is 0. The lowest BCUT2D eigenvalue weighted by Crippen LogP contribution is -2.38. The quantitative estimate of drug-likeness (QED) is 0.348. The number of hydrogen-bond acceptors (Lipinski definition) is 1. The lowest BCUT2D eigenvalue weighted by atomic mass is 10.4. The Morgan fingerprint density at radius 1 is 0.778 bits per heavy atom. The molecule has 0 aliphatic carbocycles. The first kappa shape index (κ1) is 18.6. The highest BCUT2D eigenvalue weighted by Gasteiger charge is 2.54. The molecule has 0 heterocycles. The first-order chi connectivity index (χ1) is 8.49. The average Bonchev–Trinajstić information content (AvgIpc) is 2.38. The first-order valence-corrected chi connectivity index (χ1v) is 14.0. The topological polar surface area (TPSA) is 9.23 Å². The Bertz CT molecular complexity index is 185. The van der Waals surface area contributed by atoms with E-state index in [-0.39, 0.29) is 0 Å². The summed E-state index contributed by atoms with van der Waals surface area (Å²) in [5.41, 5.74) is 0. The SMILES string of the molecule is CCCC[P+](CCCC)(CCCC)[Si](C)(C)OC. The molecule has 0 aliphatic heterocycles. The molecule has 0 rings (SSSR count). The van der Waals surface area contributed by atoms with Crippen molar-refractivity contribution in [3.05, 3.63) is 0 Å². The monoisotopic (exact) mass is 291 g/mol. The van der Waals surface area contributed by atoms with Gasteiger partial charge in [-0.2, -0.15) is 0 Å². The van der Waals surface area contributed by atoms with E-state index in [0.717, 1.165) is 0 Å². The zero-order chi connectivity index (χ0) is 14.1. The molecule has 18 heavy (non-hydrogen) atoms. The minimum absolute atomic E-state index is 0.832. The van der Waals surface area contributed by atoms with E-state index in [2.05, 4.69) is 33.9 Å². The molecular weight excluding hydrogens is 255 g/mol. The van der Waals surface area contributed by atoms with Gasteiger partial charge in [0, 0.05) is 13.9 Å². The molecule has 0 atom stereocenters. The Balaban J connectivity index is 4.97. The molecule has 0 unspecified atom stereocenters. The Morgan fingerprint density at radius 3 is 1.33 bits per heavy atom. The standard InChI is InChI=1S/C15H36OPSi/c1-7-10-13-17(14-11-8-2,15-12-9-3)18(5,6)16-4/h7-15H2,1-6H3/q+1. The molecular formula is C15H36OPSi+. The van der Waals surface area contributed by atoms with Crippen LogP contribution in [-0.2, 0) is 4.43 Å². The van der Waals surface area contributed by atoms with E-state index in [1.807, 2.05) is 7.11 Å². The van der Waals surface area contributed by atoms with Gasteiger partial charge in [-0.15, -0.1) is 0 Å². The van der Waals surface area contributed by atoms with Crippen LogP contribution in [0.2, 0.25) is 13.1 Å². The summed E-state index contributed by atoms with van der Waals surface area (Å²) in [6.07, 6.45) is 12.8. The minimum atomic E-state index is -1.46. The van der Waals surface area contributed by atoms with Crippen molar-refractivity contribution in [2.45, 2.75) is 72.4 Å². The molecule has 0 amide bonds. The summed E-state index contributed by atoms with van der Waals surface area (Å²) in [5.74, 6) is 0. The van der Waals surface area contributed by atoms with E-state index in [9.17, 15) is 0 Å². The predicted molar refractivity (Wildman–Crippen MR) is 90.7 cm³/mol. The normalized spacial score (nSPS) is 13.0. The summed E-state index contributed by atoms with van der Waals surface area (Å²) >= 11 is 0. The van der Waals surface area contributed by atoms with Gasteiger partial charge in [-0.1, -0.05) is 40.0 Å². The Kier molecular flexibility index (Phi) is 9.82. The minimum Gasteiger partial charge on any atom is -0.389 e. The fourth-order valence-electron chi connectivity index (χ4n) is 2.72. The third-order valence-electron chi connectivity index (χ3n) is 4.46. The summed E-state index contributed by atoms with van der Waals surface area (Å²) in [5, 5.41) is 0. The molecule has 1 nitrogen and oxygen atoms in total. The molecule has 0 saturated heterocycles. The van der Waals surface area contributed by atoms with Crippen LogP contribution in [0.4, 0.5) is 0 Å². The van der Waals surface area contributed by atoms with Crippen molar-refractivity contribution in [2.75, 3.05) is 25.6 Å². The molecule has 3 heteroatoms. The highest BCUT2D eigenvalue weighted by molar-refractivity contribution is 8.07. The van der Waals surface area contributed by atoms with E-state index in [4.69, 9.17) is 4.43 Å². The van der Waals surface area contributed by atoms with Gasteiger partial charge in [0.1, 0.15) is 0 Å². The van der Waals surface area contributed by atoms with Gasteiger partial charge < -0.3 is 4.43 Å². The number of unbranched alkanes of at least 4 members (excludes halogenated alkanes) is 3. The van der Waals surface area contributed by atoms with Crippen LogP contribution in [0.15, 0.2) is 0 Å². The third kappa shape index (κ3) is 5.31. The van der Waals surface area contributed by atoms with Crippen LogP contribution in [0.25, 0.3) is 0 Å². The van der Waals surface area contributed by atoms with Crippen molar-refractivity contribution in [2.24, 2.45) is 0 Å². The van der Waals surface area contributed by atoms with Gasteiger partial charge >= 0.3 is 7.98 Å². The van der Waals surface area contributed by atoms with Crippen LogP contribution in [0.1, 0.15) is 59.3 Å². The summed E-state index contributed by atoms with van der Waals surface area (Å²) in [4.78, 5) is 0. The third-order valence-corrected chi connectivity index (χ3v) is 20.7. The molecule has 0 fully saturated rings. The van der Waals surface area contributed by atoms with Gasteiger partial charge in [-0.3, -0.25) is 0 Å². The van der Waals surface area contributed by atoms with Gasteiger partial charge in [0.2, 0.25) is 0 Å². The van der Waals surface area contributed by atoms with Crippen LogP contribution < -0.4 is 0 Å². The lowest BCUT2D eigenvalue weighted by molar-refractivity contribution is 0.421. The molecule has 0 saturated carbocycles. The maximum absolute atomic E-state index is 6.08. The molecule has 0 bridgehead atoms. The van der Waals surface area contributed by atoms with Gasteiger partial charge in [-0.05, 0) is 32.4 Å². The molecule has 0 spiro atoms. The van der Waals surface area contributed by atoms with Crippen LogP contribution in [0.5, 0.6) is 0 Å². The fourth-order valence-corrected chi connectivity index (χ4v) is 15.6. The largest absolute Gasteiger partial charge is 0.389 e. The molecule has 0 aromatic rings. The van der Waals surface area contributed by atoms with Crippen molar-refractivity contribution in [3.63, 3.8) is 0 Å². The second-order valence-electron chi connectivity index (χ2n) is 6.03. The van der Waals surface area contributed by atoms with Crippen molar-refractivity contribution in [3.8, 4) is 0 Å². The zero-order valence-electron chi connectivity index (χ0n) is 13.7. The predicted octanol–water partition coefficient (Wildman–Crippen LogP) is 5.75. The van der Waals surface area contributed by atoms with Crippen LogP contribution in [0, 0.1) is 0 Å². The first-order valence-electron chi connectivity index (χ1n) is 7.91. The Hall–Kier alpha value is 0.607. The highest BCUT2D eigenvalue weighted by atomic mass is 31.4. The van der Waals surface area contributed by atoms with E-state index >= 15 is 0 Å². The molecule has 110 valence electrons. The smallest absolute Gasteiger partial charge is 0.365 e. The number of hydrogen-bond donors (Lipinski definition) is 0. The zero-order valence-corrected chi connectivity index (χ0v) is 15.6. The Morgan fingerprint density at radius 2 is 1.11 bits per heavy atom. The van der Waals surface area contributed by atoms with Gasteiger partial charge in [-0.25, -0.2) is 0 Å². The maximum atomic E-state index is 6.08. The molecule has 0 aliphatic rings. The van der Waals surface area contributed by atoms with Gasteiger partial charge in [0.25, 0.3) is 0 Å². The molecule has 0 radical (unpaired) electrons. The van der Waals surface area contributed by atoms with E-state index < -0.39 is 14.8 Å². The van der Waals surface area contributed by atoms with E-state index in [1.165, 1.54) is 57.0 Å². The molecule has 0 aromatic heterocycles. The van der Waals surface area contributed by atoms with Crippen LogP contribution in [-0.4, -0.2) is 33.6 Å². The van der Waals surface area contributed by atoms with Crippen LogP contribution in [0.3, 0.4) is 0 Å². The van der Waals surface area contributed by atoms with Crippen molar-refractivity contribution in [1.82, 2.24) is 0 Å². The van der Waals surface area contributed by atoms with Crippen molar-refractivity contribution in [1.29, 1.82) is 0 Å². The average molecular weight is 292 g/mol. The second kappa shape index (κ2) is 9.50. The van der Waals surface area contributed by atoms with Crippen LogP contribution >= 0.6 is 6.81 Å². The van der Waals surface area contributed by atoms with Gasteiger partial charge in [0.15, 0.2) is 0 Å². The van der Waals surface area contributed by atoms with Gasteiger partial charge in [0.05, 0.1) is 18.5 Å².